The molecule has 0 saturated heterocycles. The van der Waals surface area contributed by atoms with Gasteiger partial charge in [-0.25, -0.2) is 0 Å². The van der Waals surface area contributed by atoms with Gasteiger partial charge in [-0.1, -0.05) is 19.3 Å². The topological polar surface area (TPSA) is 79.2 Å². The molecule has 3 N–H and O–H groups in total. The average Bonchev–Trinajstić information content (AvgIpc) is 2.36. The maximum Gasteiger partial charge on any atom is 0.0806 e. The first kappa shape index (κ1) is 16.8. The normalized spacial score (nSPS) is 12.9. The first-order valence-electron chi connectivity index (χ1n) is 6.37. The summed E-state index contributed by atoms with van der Waals surface area (Å²) < 4.78 is 10.5. The Morgan fingerprint density at radius 1 is 0.765 bits per heavy atom. The molecule has 17 heavy (non-hydrogen) atoms. The zero-order valence-electron chi connectivity index (χ0n) is 10.5. The molecule has 0 aliphatic heterocycles. The molecule has 0 radical (unpaired) electrons. The SMILES string of the molecule is OCCCCCCC(CO)OCCOCCO. The summed E-state index contributed by atoms with van der Waals surface area (Å²) in [6.45, 7) is 1.52. The van der Waals surface area contributed by atoms with Gasteiger partial charge in [0.05, 0.1) is 39.1 Å². The van der Waals surface area contributed by atoms with Gasteiger partial charge in [0, 0.05) is 6.61 Å². The first-order chi connectivity index (χ1) is 8.35. The van der Waals surface area contributed by atoms with E-state index in [1.54, 1.807) is 0 Å². The van der Waals surface area contributed by atoms with E-state index in [1.807, 2.05) is 0 Å². The zero-order valence-corrected chi connectivity index (χ0v) is 10.5. The summed E-state index contributed by atoms with van der Waals surface area (Å²) in [6, 6.07) is 0. The van der Waals surface area contributed by atoms with Crippen LogP contribution in [0.5, 0.6) is 0 Å². The molecular formula is C12H26O5. The van der Waals surface area contributed by atoms with Gasteiger partial charge in [0.2, 0.25) is 0 Å². The Bertz CT molecular complexity index is 129. The van der Waals surface area contributed by atoms with Crippen LogP contribution in [0, 0.1) is 0 Å². The Labute approximate surface area is 103 Å². The van der Waals surface area contributed by atoms with Gasteiger partial charge in [0.25, 0.3) is 0 Å². The van der Waals surface area contributed by atoms with Crippen molar-refractivity contribution in [1.82, 2.24) is 0 Å². The highest BCUT2D eigenvalue weighted by Gasteiger charge is 2.06. The van der Waals surface area contributed by atoms with Crippen molar-refractivity contribution >= 4 is 0 Å². The third-order valence-electron chi connectivity index (χ3n) is 2.45. The van der Waals surface area contributed by atoms with Crippen molar-refractivity contribution < 1.29 is 24.8 Å². The monoisotopic (exact) mass is 250 g/mol. The predicted octanol–water partition coefficient (Wildman–Crippen LogP) is 0.316. The molecular weight excluding hydrogens is 224 g/mol. The fraction of sp³-hybridized carbons (Fsp3) is 1.00. The number of hydrogen-bond donors (Lipinski definition) is 3. The molecule has 0 fully saturated rings. The number of ether oxygens (including phenoxy) is 2. The molecule has 5 nitrogen and oxygen atoms in total. The maximum absolute atomic E-state index is 9.09. The molecule has 0 rings (SSSR count). The van der Waals surface area contributed by atoms with Crippen LogP contribution in [0.15, 0.2) is 0 Å². The summed E-state index contributed by atoms with van der Waals surface area (Å²) in [5, 5.41) is 26.2. The Morgan fingerprint density at radius 2 is 1.53 bits per heavy atom. The lowest BCUT2D eigenvalue weighted by atomic mass is 10.1. The van der Waals surface area contributed by atoms with Gasteiger partial charge < -0.3 is 24.8 Å². The van der Waals surface area contributed by atoms with Gasteiger partial charge in [-0.3, -0.25) is 0 Å². The lowest BCUT2D eigenvalue weighted by molar-refractivity contribution is -0.0274. The number of hydrogen-bond acceptors (Lipinski definition) is 5. The minimum absolute atomic E-state index is 0.0221. The summed E-state index contributed by atoms with van der Waals surface area (Å²) >= 11 is 0. The van der Waals surface area contributed by atoms with E-state index in [-0.39, 0.29) is 25.9 Å². The molecule has 0 aromatic heterocycles. The zero-order chi connectivity index (χ0) is 12.8. The number of aliphatic hydroxyl groups is 3. The van der Waals surface area contributed by atoms with Crippen LogP contribution in [0.1, 0.15) is 32.1 Å². The predicted molar refractivity (Wildman–Crippen MR) is 64.9 cm³/mol. The van der Waals surface area contributed by atoms with Gasteiger partial charge in [0.15, 0.2) is 0 Å². The van der Waals surface area contributed by atoms with Gasteiger partial charge in [-0.05, 0) is 12.8 Å². The summed E-state index contributed by atoms with van der Waals surface area (Å²) in [5.74, 6) is 0. The van der Waals surface area contributed by atoms with E-state index < -0.39 is 0 Å². The van der Waals surface area contributed by atoms with Gasteiger partial charge >= 0.3 is 0 Å². The first-order valence-corrected chi connectivity index (χ1v) is 6.37. The Morgan fingerprint density at radius 3 is 2.18 bits per heavy atom. The second-order valence-corrected chi connectivity index (χ2v) is 3.94. The summed E-state index contributed by atoms with van der Waals surface area (Å²) in [5.41, 5.74) is 0. The highest BCUT2D eigenvalue weighted by Crippen LogP contribution is 2.08. The Kier molecular flexibility index (Phi) is 13.7. The van der Waals surface area contributed by atoms with E-state index >= 15 is 0 Å². The van der Waals surface area contributed by atoms with Crippen LogP contribution in [0.25, 0.3) is 0 Å². The molecule has 5 heteroatoms. The third-order valence-corrected chi connectivity index (χ3v) is 2.45. The van der Waals surface area contributed by atoms with Crippen molar-refractivity contribution in [3.63, 3.8) is 0 Å². The molecule has 0 amide bonds. The van der Waals surface area contributed by atoms with E-state index in [2.05, 4.69) is 0 Å². The molecule has 0 aliphatic rings. The highest BCUT2D eigenvalue weighted by atomic mass is 16.5. The number of unbranched alkanes of at least 4 members (excludes halogenated alkanes) is 3. The molecule has 0 bridgehead atoms. The summed E-state index contributed by atoms with van der Waals surface area (Å²) in [6.07, 6.45) is 4.64. The molecule has 0 heterocycles. The van der Waals surface area contributed by atoms with E-state index in [0.29, 0.717) is 19.8 Å². The second-order valence-electron chi connectivity index (χ2n) is 3.94. The molecule has 0 aliphatic carbocycles. The number of rotatable bonds is 13. The largest absolute Gasteiger partial charge is 0.396 e. The van der Waals surface area contributed by atoms with Gasteiger partial charge in [0.1, 0.15) is 0 Å². The lowest BCUT2D eigenvalue weighted by Gasteiger charge is -2.15. The quantitative estimate of drug-likeness (QED) is 0.410. The van der Waals surface area contributed by atoms with Crippen LogP contribution in [0.4, 0.5) is 0 Å². The molecule has 1 unspecified atom stereocenters. The molecule has 0 aromatic carbocycles. The van der Waals surface area contributed by atoms with Crippen LogP contribution in [0.2, 0.25) is 0 Å². The summed E-state index contributed by atoms with van der Waals surface area (Å²) in [7, 11) is 0. The standard InChI is InChI=1S/C12H26O5/c13-6-4-2-1-3-5-12(11-15)17-10-9-16-8-7-14/h12-15H,1-11H2. The Balaban J connectivity index is 3.30. The van der Waals surface area contributed by atoms with Crippen LogP contribution in [-0.4, -0.2) is 61.1 Å². The van der Waals surface area contributed by atoms with E-state index in [4.69, 9.17) is 24.8 Å². The smallest absolute Gasteiger partial charge is 0.0806 e. The lowest BCUT2D eigenvalue weighted by Crippen LogP contribution is -2.20. The van der Waals surface area contributed by atoms with E-state index in [0.717, 1.165) is 32.1 Å². The van der Waals surface area contributed by atoms with Gasteiger partial charge in [-0.2, -0.15) is 0 Å². The molecule has 0 saturated carbocycles. The van der Waals surface area contributed by atoms with Crippen LogP contribution >= 0.6 is 0 Å². The molecule has 0 spiro atoms. The molecule has 1 atom stereocenters. The van der Waals surface area contributed by atoms with E-state index in [9.17, 15) is 0 Å². The number of aliphatic hydroxyl groups excluding tert-OH is 3. The van der Waals surface area contributed by atoms with Crippen LogP contribution in [-0.2, 0) is 9.47 Å². The van der Waals surface area contributed by atoms with Crippen molar-refractivity contribution in [2.24, 2.45) is 0 Å². The molecule has 0 aromatic rings. The van der Waals surface area contributed by atoms with E-state index in [1.165, 1.54) is 0 Å². The maximum atomic E-state index is 9.09. The van der Waals surface area contributed by atoms with Crippen molar-refractivity contribution in [3.05, 3.63) is 0 Å². The van der Waals surface area contributed by atoms with Crippen molar-refractivity contribution in [2.75, 3.05) is 39.6 Å². The van der Waals surface area contributed by atoms with Crippen molar-refractivity contribution in [3.8, 4) is 0 Å². The fourth-order valence-electron chi connectivity index (χ4n) is 1.51. The van der Waals surface area contributed by atoms with Crippen molar-refractivity contribution in [2.45, 2.75) is 38.2 Å². The minimum Gasteiger partial charge on any atom is -0.396 e. The van der Waals surface area contributed by atoms with Gasteiger partial charge in [-0.15, -0.1) is 0 Å². The average molecular weight is 250 g/mol. The molecule has 104 valence electrons. The Hall–Kier alpha value is -0.200. The van der Waals surface area contributed by atoms with Crippen LogP contribution < -0.4 is 0 Å². The van der Waals surface area contributed by atoms with Crippen molar-refractivity contribution in [1.29, 1.82) is 0 Å². The minimum atomic E-state index is -0.123. The van der Waals surface area contributed by atoms with Crippen LogP contribution in [0.3, 0.4) is 0 Å². The highest BCUT2D eigenvalue weighted by molar-refractivity contribution is 4.56. The fourth-order valence-corrected chi connectivity index (χ4v) is 1.51. The second kappa shape index (κ2) is 13.9. The third kappa shape index (κ3) is 12.1. The summed E-state index contributed by atoms with van der Waals surface area (Å²) in [4.78, 5) is 0.